The minimum Gasteiger partial charge on any atom is -0.353 e. The molecule has 1 aromatic heterocycles. The second-order valence-corrected chi connectivity index (χ2v) is 4.21. The minimum absolute atomic E-state index is 0. The molecule has 0 amide bonds. The van der Waals surface area contributed by atoms with Crippen LogP contribution in [0.1, 0.15) is 12.6 Å². The number of aromatic nitrogens is 2. The SMILES string of the molecule is CCN1CCN(c2ccc(CCl)nn2)CC1.Cl. The zero-order valence-corrected chi connectivity index (χ0v) is 11.5. The van der Waals surface area contributed by atoms with Crippen LogP contribution >= 0.6 is 24.0 Å². The van der Waals surface area contributed by atoms with Gasteiger partial charge in [-0.2, -0.15) is 5.10 Å². The summed E-state index contributed by atoms with van der Waals surface area (Å²) in [5.41, 5.74) is 0.831. The van der Waals surface area contributed by atoms with Crippen LogP contribution < -0.4 is 4.90 Å². The Labute approximate surface area is 113 Å². The van der Waals surface area contributed by atoms with Crippen molar-refractivity contribution < 1.29 is 0 Å². The Bertz CT molecular complexity index is 323. The normalized spacial score (nSPS) is 16.7. The Hall–Kier alpha value is -0.580. The highest BCUT2D eigenvalue weighted by atomic mass is 35.5. The first kappa shape index (κ1) is 14.5. The van der Waals surface area contributed by atoms with E-state index in [0.29, 0.717) is 5.88 Å². The maximum Gasteiger partial charge on any atom is 0.151 e. The van der Waals surface area contributed by atoms with Gasteiger partial charge in [0.2, 0.25) is 0 Å². The van der Waals surface area contributed by atoms with Gasteiger partial charge in [0, 0.05) is 26.2 Å². The monoisotopic (exact) mass is 276 g/mol. The highest BCUT2D eigenvalue weighted by Crippen LogP contribution is 2.13. The molecule has 0 spiro atoms. The van der Waals surface area contributed by atoms with Gasteiger partial charge in [-0.3, -0.25) is 0 Å². The van der Waals surface area contributed by atoms with E-state index in [-0.39, 0.29) is 12.4 Å². The largest absolute Gasteiger partial charge is 0.353 e. The molecule has 2 rings (SSSR count). The molecule has 0 saturated carbocycles. The Morgan fingerprint density at radius 2 is 1.88 bits per heavy atom. The fraction of sp³-hybridized carbons (Fsp3) is 0.636. The Balaban J connectivity index is 0.00000144. The second-order valence-electron chi connectivity index (χ2n) is 3.94. The lowest BCUT2D eigenvalue weighted by Crippen LogP contribution is -2.46. The summed E-state index contributed by atoms with van der Waals surface area (Å²) in [4.78, 5) is 4.72. The fourth-order valence-electron chi connectivity index (χ4n) is 1.89. The summed E-state index contributed by atoms with van der Waals surface area (Å²) in [6.07, 6.45) is 0. The second kappa shape index (κ2) is 6.99. The molecule has 1 saturated heterocycles. The Kier molecular flexibility index (Phi) is 5.95. The van der Waals surface area contributed by atoms with Crippen LogP contribution in [0.3, 0.4) is 0 Å². The van der Waals surface area contributed by atoms with Gasteiger partial charge in [-0.15, -0.1) is 29.1 Å². The van der Waals surface area contributed by atoms with E-state index in [1.54, 1.807) is 0 Å². The first-order valence-electron chi connectivity index (χ1n) is 5.69. The molecule has 1 aliphatic rings. The summed E-state index contributed by atoms with van der Waals surface area (Å²) in [5, 5.41) is 8.27. The first-order valence-corrected chi connectivity index (χ1v) is 6.23. The molecule has 96 valence electrons. The average Bonchev–Trinajstić information content (AvgIpc) is 2.39. The molecule has 4 nitrogen and oxygen atoms in total. The van der Waals surface area contributed by atoms with Gasteiger partial charge < -0.3 is 9.80 Å². The molecule has 0 aliphatic carbocycles. The van der Waals surface area contributed by atoms with Crippen molar-refractivity contribution in [3.8, 4) is 0 Å². The summed E-state index contributed by atoms with van der Waals surface area (Å²) in [6.45, 7) is 7.60. The molecule has 1 aromatic rings. The van der Waals surface area contributed by atoms with Gasteiger partial charge in [-0.1, -0.05) is 6.92 Å². The number of alkyl halides is 1. The van der Waals surface area contributed by atoms with E-state index in [2.05, 4.69) is 26.9 Å². The summed E-state index contributed by atoms with van der Waals surface area (Å²) in [6, 6.07) is 3.95. The van der Waals surface area contributed by atoms with Crippen LogP contribution in [0.4, 0.5) is 5.82 Å². The van der Waals surface area contributed by atoms with Gasteiger partial charge in [0.25, 0.3) is 0 Å². The third-order valence-electron chi connectivity index (χ3n) is 2.99. The number of likely N-dealkylation sites (N-methyl/N-ethyl adjacent to an activating group) is 1. The summed E-state index contributed by atoms with van der Waals surface area (Å²) in [7, 11) is 0. The molecule has 0 radical (unpaired) electrons. The maximum absolute atomic E-state index is 5.68. The van der Waals surface area contributed by atoms with Gasteiger partial charge in [0.15, 0.2) is 5.82 Å². The number of hydrogen-bond acceptors (Lipinski definition) is 4. The standard InChI is InChI=1S/C11H17ClN4.ClH/c1-2-15-5-7-16(8-6-15)11-4-3-10(9-12)13-14-11;/h3-4H,2,5-9H2,1H3;1H. The molecule has 1 aliphatic heterocycles. The number of halogens is 2. The lowest BCUT2D eigenvalue weighted by Gasteiger charge is -2.34. The molecular formula is C11H18Cl2N4. The van der Waals surface area contributed by atoms with Crippen molar-refractivity contribution in [3.63, 3.8) is 0 Å². The topological polar surface area (TPSA) is 32.3 Å². The molecule has 0 bridgehead atoms. The van der Waals surface area contributed by atoms with E-state index in [4.69, 9.17) is 11.6 Å². The number of rotatable bonds is 3. The van der Waals surface area contributed by atoms with E-state index >= 15 is 0 Å². The molecule has 1 fully saturated rings. The van der Waals surface area contributed by atoms with Gasteiger partial charge in [0.05, 0.1) is 11.6 Å². The Morgan fingerprint density at radius 3 is 2.35 bits per heavy atom. The number of piperazine rings is 1. The number of nitrogens with zero attached hydrogens (tertiary/aromatic N) is 4. The van der Waals surface area contributed by atoms with E-state index < -0.39 is 0 Å². The van der Waals surface area contributed by atoms with Crippen molar-refractivity contribution in [2.75, 3.05) is 37.6 Å². The van der Waals surface area contributed by atoms with Gasteiger partial charge in [-0.05, 0) is 18.7 Å². The molecule has 2 heterocycles. The zero-order chi connectivity index (χ0) is 11.4. The fourth-order valence-corrected chi connectivity index (χ4v) is 2.03. The third kappa shape index (κ3) is 3.69. The van der Waals surface area contributed by atoms with Crippen molar-refractivity contribution in [1.82, 2.24) is 15.1 Å². The molecule has 0 atom stereocenters. The van der Waals surface area contributed by atoms with Crippen LogP contribution in [0.5, 0.6) is 0 Å². The van der Waals surface area contributed by atoms with Crippen molar-refractivity contribution >= 4 is 29.8 Å². The van der Waals surface area contributed by atoms with Crippen LogP contribution in [0.2, 0.25) is 0 Å². The number of hydrogen-bond donors (Lipinski definition) is 0. The minimum atomic E-state index is 0. The van der Waals surface area contributed by atoms with Crippen molar-refractivity contribution in [3.05, 3.63) is 17.8 Å². The molecule has 0 N–H and O–H groups in total. The van der Waals surface area contributed by atoms with Crippen LogP contribution in [0.25, 0.3) is 0 Å². The first-order chi connectivity index (χ1) is 7.83. The summed E-state index contributed by atoms with van der Waals surface area (Å²) in [5.74, 6) is 1.39. The van der Waals surface area contributed by atoms with E-state index in [1.807, 2.05) is 12.1 Å². The van der Waals surface area contributed by atoms with Crippen LogP contribution in [-0.4, -0.2) is 47.8 Å². The van der Waals surface area contributed by atoms with Crippen LogP contribution in [0, 0.1) is 0 Å². The molecular weight excluding hydrogens is 259 g/mol. The van der Waals surface area contributed by atoms with Gasteiger partial charge in [0.1, 0.15) is 0 Å². The van der Waals surface area contributed by atoms with Crippen LogP contribution in [0.15, 0.2) is 12.1 Å². The molecule has 17 heavy (non-hydrogen) atoms. The smallest absolute Gasteiger partial charge is 0.151 e. The zero-order valence-electron chi connectivity index (χ0n) is 9.97. The van der Waals surface area contributed by atoms with Crippen molar-refractivity contribution in [2.24, 2.45) is 0 Å². The molecule has 0 unspecified atom stereocenters. The molecule has 6 heteroatoms. The highest BCUT2D eigenvalue weighted by molar-refractivity contribution is 6.16. The third-order valence-corrected chi connectivity index (χ3v) is 3.26. The Morgan fingerprint density at radius 1 is 1.18 bits per heavy atom. The predicted molar refractivity (Wildman–Crippen MR) is 73.2 cm³/mol. The van der Waals surface area contributed by atoms with Crippen molar-refractivity contribution in [2.45, 2.75) is 12.8 Å². The van der Waals surface area contributed by atoms with Crippen LogP contribution in [-0.2, 0) is 5.88 Å². The average molecular weight is 277 g/mol. The van der Waals surface area contributed by atoms with Crippen molar-refractivity contribution in [1.29, 1.82) is 0 Å². The van der Waals surface area contributed by atoms with Gasteiger partial charge >= 0.3 is 0 Å². The lowest BCUT2D eigenvalue weighted by molar-refractivity contribution is 0.270. The molecule has 0 aromatic carbocycles. The predicted octanol–water partition coefficient (Wildman–Crippen LogP) is 1.78. The van der Waals surface area contributed by atoms with E-state index in [9.17, 15) is 0 Å². The summed E-state index contributed by atoms with van der Waals surface area (Å²) < 4.78 is 0. The quantitative estimate of drug-likeness (QED) is 0.788. The highest BCUT2D eigenvalue weighted by Gasteiger charge is 2.16. The van der Waals surface area contributed by atoms with E-state index in [1.165, 1.54) is 0 Å². The summed E-state index contributed by atoms with van der Waals surface area (Å²) >= 11 is 5.68. The van der Waals surface area contributed by atoms with E-state index in [0.717, 1.165) is 44.2 Å². The number of anilines is 1. The maximum atomic E-state index is 5.68. The van der Waals surface area contributed by atoms with Gasteiger partial charge in [-0.25, -0.2) is 0 Å². The lowest BCUT2D eigenvalue weighted by atomic mass is 10.3.